The van der Waals surface area contributed by atoms with Gasteiger partial charge in [-0.25, -0.2) is 14.5 Å². The molecule has 9 nitrogen and oxygen atoms in total. The van der Waals surface area contributed by atoms with Crippen LogP contribution in [0.3, 0.4) is 0 Å². The summed E-state index contributed by atoms with van der Waals surface area (Å²) in [5, 5.41) is 6.09. The molecule has 1 aliphatic heterocycles. The van der Waals surface area contributed by atoms with Gasteiger partial charge in [-0.05, 0) is 23.8 Å². The molecule has 126 valence electrons. The lowest BCUT2D eigenvalue weighted by Gasteiger charge is -2.17. The van der Waals surface area contributed by atoms with Crippen LogP contribution in [0.15, 0.2) is 48.0 Å². The number of nitrogens with zero attached hydrogens (tertiary/aromatic N) is 6. The molecule has 3 aromatic heterocycles. The van der Waals surface area contributed by atoms with Crippen molar-refractivity contribution >= 4 is 28.9 Å². The number of nitrogens with one attached hydrogen (secondary N) is 2. The van der Waals surface area contributed by atoms with Crippen LogP contribution in [0.25, 0.3) is 11.2 Å². The number of fused-ring (bicyclic) bond motifs is 2. The lowest BCUT2D eigenvalue weighted by molar-refractivity contribution is 0.712. The van der Waals surface area contributed by atoms with Crippen molar-refractivity contribution in [2.24, 2.45) is 10.7 Å². The Bertz CT molecular complexity index is 973. The summed E-state index contributed by atoms with van der Waals surface area (Å²) >= 11 is 0. The summed E-state index contributed by atoms with van der Waals surface area (Å²) in [6.07, 6.45) is 6.67. The van der Waals surface area contributed by atoms with Crippen LogP contribution in [0.2, 0.25) is 0 Å². The van der Waals surface area contributed by atoms with Gasteiger partial charge in [0.05, 0.1) is 17.9 Å². The zero-order valence-electron chi connectivity index (χ0n) is 13.6. The van der Waals surface area contributed by atoms with E-state index in [9.17, 15) is 0 Å². The number of aliphatic imine (C=N–C) groups is 1. The molecule has 0 aliphatic carbocycles. The second kappa shape index (κ2) is 6.21. The summed E-state index contributed by atoms with van der Waals surface area (Å²) in [4.78, 5) is 12.9. The van der Waals surface area contributed by atoms with E-state index in [-0.39, 0.29) is 0 Å². The van der Waals surface area contributed by atoms with Crippen molar-refractivity contribution in [3.05, 3.63) is 54.2 Å². The van der Waals surface area contributed by atoms with Gasteiger partial charge in [0.2, 0.25) is 0 Å². The summed E-state index contributed by atoms with van der Waals surface area (Å²) in [5.41, 5.74) is 16.2. The van der Waals surface area contributed by atoms with E-state index in [2.05, 4.69) is 26.0 Å². The molecule has 4 heterocycles. The normalized spacial score (nSPS) is 14.3. The molecule has 0 unspecified atom stereocenters. The molecule has 1 aliphatic rings. The Hall–Kier alpha value is -3.46. The van der Waals surface area contributed by atoms with Gasteiger partial charge in [-0.3, -0.25) is 10.0 Å². The number of rotatable bonds is 4. The maximum absolute atomic E-state index is 5.68. The Morgan fingerprint density at radius 3 is 3.08 bits per heavy atom. The molecule has 4 rings (SSSR count). The van der Waals surface area contributed by atoms with E-state index in [4.69, 9.17) is 10.7 Å². The molecule has 25 heavy (non-hydrogen) atoms. The number of anilines is 2. The minimum atomic E-state index is 0.607. The van der Waals surface area contributed by atoms with E-state index >= 15 is 0 Å². The fourth-order valence-electron chi connectivity index (χ4n) is 2.68. The molecule has 0 spiro atoms. The van der Waals surface area contributed by atoms with Gasteiger partial charge in [0.1, 0.15) is 6.33 Å². The van der Waals surface area contributed by atoms with Crippen molar-refractivity contribution in [2.75, 3.05) is 17.5 Å². The maximum Gasteiger partial charge on any atom is 0.170 e. The minimum absolute atomic E-state index is 0.607. The van der Waals surface area contributed by atoms with Crippen molar-refractivity contribution in [1.82, 2.24) is 25.1 Å². The first kappa shape index (κ1) is 15.1. The topological polar surface area (TPSA) is 109 Å². The van der Waals surface area contributed by atoms with Crippen LogP contribution >= 0.6 is 0 Å². The number of hydrogen-bond donors (Lipinski definition) is 3. The van der Waals surface area contributed by atoms with Gasteiger partial charge >= 0.3 is 0 Å². The zero-order valence-corrected chi connectivity index (χ0v) is 13.6. The summed E-state index contributed by atoms with van der Waals surface area (Å²) in [6.45, 7) is 0.607. The highest BCUT2D eigenvalue weighted by Gasteiger charge is 2.21. The molecule has 9 heteroatoms. The molecule has 0 fully saturated rings. The smallest absolute Gasteiger partial charge is 0.170 e. The van der Waals surface area contributed by atoms with Crippen LogP contribution in [-0.2, 0) is 6.54 Å². The molecule has 3 aromatic rings. The second-order valence-corrected chi connectivity index (χ2v) is 5.50. The Morgan fingerprint density at radius 1 is 1.32 bits per heavy atom. The second-order valence-electron chi connectivity index (χ2n) is 5.50. The predicted octanol–water partition coefficient (Wildman–Crippen LogP) is 0.976. The van der Waals surface area contributed by atoms with Gasteiger partial charge in [-0.2, -0.15) is 5.10 Å². The van der Waals surface area contributed by atoms with E-state index in [0.29, 0.717) is 6.54 Å². The number of pyridine rings is 2. The van der Waals surface area contributed by atoms with E-state index < -0.39 is 0 Å². The molecule has 4 N–H and O–H groups in total. The van der Waals surface area contributed by atoms with E-state index in [1.54, 1.807) is 17.8 Å². The van der Waals surface area contributed by atoms with Crippen LogP contribution in [0.5, 0.6) is 0 Å². The first-order valence-corrected chi connectivity index (χ1v) is 7.71. The highest BCUT2D eigenvalue weighted by atomic mass is 15.7. The lowest BCUT2D eigenvalue weighted by Crippen LogP contribution is -2.35. The van der Waals surface area contributed by atoms with Crippen LogP contribution < -0.4 is 21.7 Å². The first-order chi connectivity index (χ1) is 12.3. The SMILES string of the molecule is CN=CC(=CN)c1ccc2c(n1)N(Cc1ccc3ncnn3c1)NN2. The Balaban J connectivity index is 1.63. The first-order valence-electron chi connectivity index (χ1n) is 7.71. The van der Waals surface area contributed by atoms with E-state index in [0.717, 1.165) is 34.0 Å². The van der Waals surface area contributed by atoms with Gasteiger partial charge in [-0.1, -0.05) is 6.07 Å². The molecular formula is C16H17N9. The van der Waals surface area contributed by atoms with Crippen molar-refractivity contribution in [3.8, 4) is 0 Å². The van der Waals surface area contributed by atoms with Crippen molar-refractivity contribution in [3.63, 3.8) is 0 Å². The maximum atomic E-state index is 5.68. The Morgan fingerprint density at radius 2 is 2.24 bits per heavy atom. The van der Waals surface area contributed by atoms with E-state index in [1.807, 2.05) is 35.5 Å². The van der Waals surface area contributed by atoms with Crippen LogP contribution in [0, 0.1) is 0 Å². The highest BCUT2D eigenvalue weighted by Crippen LogP contribution is 2.29. The molecule has 0 saturated carbocycles. The molecule has 0 saturated heterocycles. The number of allylic oxidation sites excluding steroid dienone is 1. The van der Waals surface area contributed by atoms with Crippen molar-refractivity contribution < 1.29 is 0 Å². The van der Waals surface area contributed by atoms with E-state index in [1.165, 1.54) is 12.5 Å². The Kier molecular flexibility index (Phi) is 3.75. The van der Waals surface area contributed by atoms with Crippen molar-refractivity contribution in [2.45, 2.75) is 6.54 Å². The summed E-state index contributed by atoms with van der Waals surface area (Å²) in [5.74, 6) is 0.792. The third-order valence-electron chi connectivity index (χ3n) is 3.88. The molecule has 0 radical (unpaired) electrons. The molecular weight excluding hydrogens is 318 g/mol. The van der Waals surface area contributed by atoms with Crippen LogP contribution in [-0.4, -0.2) is 32.8 Å². The fraction of sp³-hybridized carbons (Fsp3) is 0.125. The average Bonchev–Trinajstić information content (AvgIpc) is 3.26. The van der Waals surface area contributed by atoms with Crippen LogP contribution in [0.4, 0.5) is 11.5 Å². The summed E-state index contributed by atoms with van der Waals surface area (Å²) in [6, 6.07) is 7.81. The van der Waals surface area contributed by atoms with Crippen LogP contribution in [0.1, 0.15) is 11.3 Å². The van der Waals surface area contributed by atoms with Gasteiger partial charge in [0, 0.05) is 31.2 Å². The van der Waals surface area contributed by atoms with Gasteiger partial charge in [0.15, 0.2) is 11.5 Å². The standard InChI is InChI=1S/C16H17N9/c1-18-7-12(6-17)13-3-4-14-16(21-13)25(23-22-14)9-11-2-5-15-19-10-20-24(15)8-11/h2-8,10,22-23H,9,17H2,1H3. The molecule has 0 bridgehead atoms. The van der Waals surface area contributed by atoms with Gasteiger partial charge in [0.25, 0.3) is 0 Å². The molecule has 0 amide bonds. The predicted molar refractivity (Wildman–Crippen MR) is 96.7 cm³/mol. The van der Waals surface area contributed by atoms with Gasteiger partial charge < -0.3 is 11.2 Å². The van der Waals surface area contributed by atoms with Gasteiger partial charge in [-0.15, -0.1) is 5.53 Å². The third-order valence-corrected chi connectivity index (χ3v) is 3.88. The summed E-state index contributed by atoms with van der Waals surface area (Å²) in [7, 11) is 1.70. The fourth-order valence-corrected chi connectivity index (χ4v) is 2.68. The Labute approximate surface area is 143 Å². The number of aromatic nitrogens is 4. The monoisotopic (exact) mass is 335 g/mol. The largest absolute Gasteiger partial charge is 0.404 e. The number of hydrazine groups is 2. The number of hydrogen-bond acceptors (Lipinski definition) is 8. The quantitative estimate of drug-likeness (QED) is 0.610. The summed E-state index contributed by atoms with van der Waals surface area (Å²) < 4.78 is 1.75. The molecule has 0 atom stereocenters. The third kappa shape index (κ3) is 2.76. The zero-order chi connectivity index (χ0) is 17.2. The number of nitrogens with two attached hydrogens (primary N) is 1. The lowest BCUT2D eigenvalue weighted by atomic mass is 10.2. The molecule has 0 aromatic carbocycles. The highest BCUT2D eigenvalue weighted by molar-refractivity contribution is 6.09. The minimum Gasteiger partial charge on any atom is -0.404 e. The average molecular weight is 335 g/mol. The van der Waals surface area contributed by atoms with Crippen molar-refractivity contribution in [1.29, 1.82) is 0 Å².